The molecule has 0 heterocycles. The molecule has 6 heteroatoms. The highest BCUT2D eigenvalue weighted by molar-refractivity contribution is 5.71. The molecule has 0 radical (unpaired) electrons. The molecule has 0 aliphatic heterocycles. The van der Waals surface area contributed by atoms with Gasteiger partial charge >= 0.3 is 17.9 Å². The van der Waals surface area contributed by atoms with Crippen LogP contribution in [-0.2, 0) is 28.6 Å². The van der Waals surface area contributed by atoms with Gasteiger partial charge in [0.25, 0.3) is 0 Å². The summed E-state index contributed by atoms with van der Waals surface area (Å²) in [6, 6.07) is 0. The quantitative estimate of drug-likeness (QED) is 0.0261. The van der Waals surface area contributed by atoms with Crippen molar-refractivity contribution in [3.05, 3.63) is 72.9 Å². The lowest BCUT2D eigenvalue weighted by atomic mass is 10.0. The Bertz CT molecular complexity index is 1470. The second kappa shape index (κ2) is 68.3. The average molecular weight is 1120 g/mol. The van der Waals surface area contributed by atoms with E-state index in [1.54, 1.807) is 0 Å². The summed E-state index contributed by atoms with van der Waals surface area (Å²) < 4.78 is 17.0. The average Bonchev–Trinajstić information content (AvgIpc) is 3.46. The van der Waals surface area contributed by atoms with Gasteiger partial charge in [-0.25, -0.2) is 0 Å². The fraction of sp³-hybridized carbons (Fsp3) is 0.797. The number of hydrogen-bond donors (Lipinski definition) is 0. The maximum atomic E-state index is 13.0. The lowest BCUT2D eigenvalue weighted by Gasteiger charge is -2.18. The third-order valence-corrected chi connectivity index (χ3v) is 15.4. The van der Waals surface area contributed by atoms with Crippen LogP contribution >= 0.6 is 0 Å². The van der Waals surface area contributed by atoms with Crippen molar-refractivity contribution in [2.45, 2.75) is 367 Å². The monoisotopic (exact) mass is 1120 g/mol. The molecule has 0 bridgehead atoms. The first kappa shape index (κ1) is 76.9. The summed E-state index contributed by atoms with van der Waals surface area (Å²) in [6.07, 6.45) is 89.2. The van der Waals surface area contributed by atoms with Gasteiger partial charge in [-0.15, -0.1) is 0 Å². The second-order valence-electron chi connectivity index (χ2n) is 23.4. The van der Waals surface area contributed by atoms with Crippen LogP contribution in [0.2, 0.25) is 0 Å². The Morgan fingerprint density at radius 1 is 0.263 bits per heavy atom. The number of carbonyl (C=O) groups excluding carboxylic acids is 3. The Kier molecular flexibility index (Phi) is 65.7. The lowest BCUT2D eigenvalue weighted by molar-refractivity contribution is -0.167. The van der Waals surface area contributed by atoms with E-state index in [2.05, 4.69) is 93.7 Å². The molecule has 80 heavy (non-hydrogen) atoms. The minimum Gasteiger partial charge on any atom is -0.462 e. The molecular formula is C74H132O6. The molecular weight excluding hydrogens is 985 g/mol. The van der Waals surface area contributed by atoms with Crippen molar-refractivity contribution in [1.82, 2.24) is 0 Å². The van der Waals surface area contributed by atoms with Gasteiger partial charge in [-0.3, -0.25) is 14.4 Å². The lowest BCUT2D eigenvalue weighted by Crippen LogP contribution is -2.30. The molecule has 0 aromatic carbocycles. The molecule has 1 atom stereocenters. The SMILES string of the molecule is CC/C=C\C/C=C\C/C=C\C/C=C\CCCCCCCCCCCCCCC(=O)OCC(COC(=O)CCCCCCC/C=C\CCCCCCCCC)OC(=O)CCCCCCCCCCC/C=C\CCCCCCCCCC. The highest BCUT2D eigenvalue weighted by atomic mass is 16.6. The van der Waals surface area contributed by atoms with Gasteiger partial charge in [0.15, 0.2) is 6.10 Å². The molecule has 0 aliphatic rings. The van der Waals surface area contributed by atoms with Crippen molar-refractivity contribution < 1.29 is 28.6 Å². The highest BCUT2D eigenvalue weighted by Gasteiger charge is 2.19. The minimum atomic E-state index is -0.782. The predicted molar refractivity (Wildman–Crippen MR) is 348 cm³/mol. The van der Waals surface area contributed by atoms with Crippen LogP contribution in [0.15, 0.2) is 72.9 Å². The molecule has 0 saturated carbocycles. The number of carbonyl (C=O) groups is 3. The topological polar surface area (TPSA) is 78.9 Å². The molecule has 0 rings (SSSR count). The third kappa shape index (κ3) is 65.7. The fourth-order valence-corrected chi connectivity index (χ4v) is 10.2. The van der Waals surface area contributed by atoms with E-state index in [1.165, 1.54) is 231 Å². The van der Waals surface area contributed by atoms with Gasteiger partial charge in [0, 0.05) is 19.3 Å². The Hall–Kier alpha value is -3.15. The van der Waals surface area contributed by atoms with Crippen molar-refractivity contribution >= 4 is 17.9 Å². The van der Waals surface area contributed by atoms with Crippen LogP contribution in [0.5, 0.6) is 0 Å². The summed E-state index contributed by atoms with van der Waals surface area (Å²) in [6.45, 7) is 6.57. The van der Waals surface area contributed by atoms with Crippen LogP contribution in [0.3, 0.4) is 0 Å². The molecule has 0 amide bonds. The first-order chi connectivity index (χ1) is 39.5. The first-order valence-electron chi connectivity index (χ1n) is 34.9. The molecule has 464 valence electrons. The van der Waals surface area contributed by atoms with Gasteiger partial charge in [0.1, 0.15) is 13.2 Å². The molecule has 1 unspecified atom stereocenters. The van der Waals surface area contributed by atoms with Gasteiger partial charge in [0.2, 0.25) is 0 Å². The van der Waals surface area contributed by atoms with Crippen molar-refractivity contribution in [3.8, 4) is 0 Å². The molecule has 0 spiro atoms. The van der Waals surface area contributed by atoms with Gasteiger partial charge in [0.05, 0.1) is 0 Å². The summed E-state index contributed by atoms with van der Waals surface area (Å²) in [4.78, 5) is 38.5. The summed E-state index contributed by atoms with van der Waals surface area (Å²) in [5, 5.41) is 0. The van der Waals surface area contributed by atoms with E-state index in [0.717, 1.165) is 89.9 Å². The highest BCUT2D eigenvalue weighted by Crippen LogP contribution is 2.17. The van der Waals surface area contributed by atoms with Crippen LogP contribution in [-0.4, -0.2) is 37.2 Å². The van der Waals surface area contributed by atoms with Crippen molar-refractivity contribution in [2.24, 2.45) is 0 Å². The van der Waals surface area contributed by atoms with E-state index < -0.39 is 6.10 Å². The number of hydrogen-bond acceptors (Lipinski definition) is 6. The minimum absolute atomic E-state index is 0.0772. The molecule has 0 aromatic rings. The number of ether oxygens (including phenoxy) is 3. The largest absolute Gasteiger partial charge is 0.462 e. The van der Waals surface area contributed by atoms with Gasteiger partial charge in [-0.05, 0) is 109 Å². The molecule has 0 saturated heterocycles. The Labute approximate surface area is 497 Å². The molecule has 6 nitrogen and oxygen atoms in total. The van der Waals surface area contributed by atoms with E-state index in [1.807, 2.05) is 0 Å². The maximum absolute atomic E-state index is 13.0. The number of allylic oxidation sites excluding steroid dienone is 12. The standard InChI is InChI=1S/C74H132O6/c1-4-7-10-13-16-19-22-25-28-31-33-35-36-37-38-40-41-43-46-49-52-55-58-61-64-67-73(76)79-70-71(69-78-72(75)66-63-60-57-54-51-48-45-30-27-24-21-18-15-12-9-6-3)80-74(77)68-65-62-59-56-53-50-47-44-42-39-34-32-29-26-23-20-17-14-11-8-5-2/h7,10,16,19,25,28,30,32-35,45,71H,4-6,8-9,11-15,17-18,20-24,26-27,29,31,36-44,46-70H2,1-3H3/b10-7-,19-16-,28-25-,34-32-,35-33-,45-30-. The summed E-state index contributed by atoms with van der Waals surface area (Å²) >= 11 is 0. The Morgan fingerprint density at radius 2 is 0.487 bits per heavy atom. The van der Waals surface area contributed by atoms with Crippen molar-refractivity contribution in [1.29, 1.82) is 0 Å². The van der Waals surface area contributed by atoms with Crippen LogP contribution < -0.4 is 0 Å². The number of rotatable bonds is 64. The van der Waals surface area contributed by atoms with Gasteiger partial charge in [-0.1, -0.05) is 306 Å². The van der Waals surface area contributed by atoms with Gasteiger partial charge < -0.3 is 14.2 Å². The molecule has 0 N–H and O–H groups in total. The molecule has 0 fully saturated rings. The van der Waals surface area contributed by atoms with Crippen LogP contribution in [0.4, 0.5) is 0 Å². The van der Waals surface area contributed by atoms with E-state index in [9.17, 15) is 14.4 Å². The maximum Gasteiger partial charge on any atom is 0.306 e. The fourth-order valence-electron chi connectivity index (χ4n) is 10.2. The second-order valence-corrected chi connectivity index (χ2v) is 23.4. The van der Waals surface area contributed by atoms with E-state index >= 15 is 0 Å². The number of unbranched alkanes of at least 4 members (excludes halogenated alkanes) is 41. The summed E-state index contributed by atoms with van der Waals surface area (Å²) in [5.41, 5.74) is 0. The summed E-state index contributed by atoms with van der Waals surface area (Å²) in [5.74, 6) is -0.869. The van der Waals surface area contributed by atoms with Crippen molar-refractivity contribution in [2.75, 3.05) is 13.2 Å². The zero-order valence-corrected chi connectivity index (χ0v) is 53.3. The van der Waals surface area contributed by atoms with E-state index in [0.29, 0.717) is 19.3 Å². The molecule has 0 aromatic heterocycles. The Morgan fingerprint density at radius 3 is 0.775 bits per heavy atom. The normalized spacial score (nSPS) is 12.5. The van der Waals surface area contributed by atoms with E-state index in [4.69, 9.17) is 14.2 Å². The summed E-state index contributed by atoms with van der Waals surface area (Å²) in [7, 11) is 0. The zero-order valence-electron chi connectivity index (χ0n) is 53.3. The van der Waals surface area contributed by atoms with Crippen LogP contribution in [0.25, 0.3) is 0 Å². The van der Waals surface area contributed by atoms with Crippen LogP contribution in [0, 0.1) is 0 Å². The zero-order chi connectivity index (χ0) is 57.8. The first-order valence-corrected chi connectivity index (χ1v) is 34.9. The van der Waals surface area contributed by atoms with Crippen LogP contribution in [0.1, 0.15) is 361 Å². The van der Waals surface area contributed by atoms with Gasteiger partial charge in [-0.2, -0.15) is 0 Å². The third-order valence-electron chi connectivity index (χ3n) is 15.4. The predicted octanol–water partition coefficient (Wildman–Crippen LogP) is 24.1. The number of esters is 3. The smallest absolute Gasteiger partial charge is 0.306 e. The van der Waals surface area contributed by atoms with E-state index in [-0.39, 0.29) is 31.1 Å². The molecule has 0 aliphatic carbocycles. The Balaban J connectivity index is 4.33. The van der Waals surface area contributed by atoms with Crippen molar-refractivity contribution in [3.63, 3.8) is 0 Å².